The van der Waals surface area contributed by atoms with Gasteiger partial charge in [0.2, 0.25) is 0 Å². The van der Waals surface area contributed by atoms with E-state index in [1.54, 1.807) is 12.1 Å². The van der Waals surface area contributed by atoms with Crippen molar-refractivity contribution in [2.45, 2.75) is 26.9 Å². The number of benzene rings is 2. The van der Waals surface area contributed by atoms with Crippen molar-refractivity contribution in [2.75, 3.05) is 44.8 Å². The van der Waals surface area contributed by atoms with Crippen LogP contribution < -0.4 is 4.90 Å². The van der Waals surface area contributed by atoms with Crippen molar-refractivity contribution >= 4 is 11.5 Å². The number of hydrogen-bond donors (Lipinski definition) is 0. The second-order valence-electron chi connectivity index (χ2n) is 8.86. The summed E-state index contributed by atoms with van der Waals surface area (Å²) in [6, 6.07) is 17.1. The molecule has 1 aliphatic rings. The fourth-order valence-electron chi connectivity index (χ4n) is 4.43. The summed E-state index contributed by atoms with van der Waals surface area (Å²) < 4.78 is 20.8. The molecule has 0 radical (unpaired) electrons. The molecule has 1 fully saturated rings. The molecule has 33 heavy (non-hydrogen) atoms. The van der Waals surface area contributed by atoms with Crippen molar-refractivity contribution < 1.29 is 13.9 Å². The smallest absolute Gasteiger partial charge is 0.178 e. The first kappa shape index (κ1) is 23.2. The number of halogens is 1. The molecule has 1 saturated heterocycles. The first-order valence-electron chi connectivity index (χ1n) is 11.5. The Hall–Kier alpha value is -2.96. The molecule has 0 unspecified atom stereocenters. The molecule has 0 bridgehead atoms. The molecule has 0 atom stereocenters. The van der Waals surface area contributed by atoms with Crippen LogP contribution in [0.15, 0.2) is 54.6 Å². The lowest BCUT2D eigenvalue weighted by Gasteiger charge is -2.29. The molecule has 5 nitrogen and oxygen atoms in total. The van der Waals surface area contributed by atoms with Gasteiger partial charge in [-0.1, -0.05) is 24.3 Å². The van der Waals surface area contributed by atoms with Gasteiger partial charge in [0.25, 0.3) is 0 Å². The quantitative estimate of drug-likeness (QED) is 0.477. The molecule has 0 spiro atoms. The Morgan fingerprint density at radius 2 is 1.64 bits per heavy atom. The number of morpholine rings is 1. The second kappa shape index (κ2) is 10.3. The number of likely N-dealkylation sites (N-methyl/N-ethyl adjacent to an activating group) is 1. The number of rotatable bonds is 8. The van der Waals surface area contributed by atoms with E-state index in [-0.39, 0.29) is 11.6 Å². The van der Waals surface area contributed by atoms with Crippen LogP contribution in [0.2, 0.25) is 0 Å². The second-order valence-corrected chi connectivity index (χ2v) is 8.86. The number of ketones is 1. The van der Waals surface area contributed by atoms with Crippen molar-refractivity contribution in [3.8, 4) is 0 Å². The molecular formula is C27H32FN3O2. The molecule has 6 heteroatoms. The van der Waals surface area contributed by atoms with Crippen LogP contribution >= 0.6 is 0 Å². The standard InChI is InChI=1S/C27H32FN3O2/c1-20-16-26(21(2)31(20)18-23-4-8-24(28)9-5-23)27(32)19-29(3)17-22-6-10-25(11-7-22)30-12-14-33-15-13-30/h4-11,16H,12-15,17-19H2,1-3H3. The number of anilines is 1. The molecule has 2 aromatic carbocycles. The van der Waals surface area contributed by atoms with Gasteiger partial charge in [-0.05, 0) is 62.4 Å². The van der Waals surface area contributed by atoms with Crippen LogP contribution in [0.5, 0.6) is 0 Å². The maximum atomic E-state index is 13.2. The van der Waals surface area contributed by atoms with E-state index in [0.29, 0.717) is 19.6 Å². The Morgan fingerprint density at radius 3 is 2.30 bits per heavy atom. The highest BCUT2D eigenvalue weighted by Crippen LogP contribution is 2.20. The van der Waals surface area contributed by atoms with Crippen molar-refractivity contribution in [3.05, 3.63) is 88.5 Å². The first-order valence-corrected chi connectivity index (χ1v) is 11.5. The highest BCUT2D eigenvalue weighted by Gasteiger charge is 2.18. The Morgan fingerprint density at radius 1 is 1.00 bits per heavy atom. The van der Waals surface area contributed by atoms with E-state index in [2.05, 4.69) is 38.6 Å². The van der Waals surface area contributed by atoms with E-state index in [1.165, 1.54) is 23.4 Å². The first-order chi connectivity index (χ1) is 15.9. The number of nitrogens with zero attached hydrogens (tertiary/aromatic N) is 3. The molecule has 0 amide bonds. The average molecular weight is 450 g/mol. The minimum atomic E-state index is -0.241. The number of hydrogen-bond acceptors (Lipinski definition) is 4. The van der Waals surface area contributed by atoms with E-state index in [9.17, 15) is 9.18 Å². The van der Waals surface area contributed by atoms with Gasteiger partial charge < -0.3 is 14.2 Å². The van der Waals surface area contributed by atoms with Crippen LogP contribution in [-0.4, -0.2) is 55.1 Å². The van der Waals surface area contributed by atoms with Gasteiger partial charge in [0, 0.05) is 48.8 Å². The van der Waals surface area contributed by atoms with Crippen molar-refractivity contribution in [1.82, 2.24) is 9.47 Å². The zero-order chi connectivity index (χ0) is 23.4. The molecular weight excluding hydrogens is 417 g/mol. The van der Waals surface area contributed by atoms with Gasteiger partial charge in [-0.3, -0.25) is 9.69 Å². The van der Waals surface area contributed by atoms with Gasteiger partial charge >= 0.3 is 0 Å². The summed E-state index contributed by atoms with van der Waals surface area (Å²) in [4.78, 5) is 17.5. The summed E-state index contributed by atoms with van der Waals surface area (Å²) in [5.41, 5.74) is 6.14. The molecule has 0 N–H and O–H groups in total. The Kier molecular flexibility index (Phi) is 7.26. The molecule has 3 aromatic rings. The molecule has 1 aromatic heterocycles. The number of aromatic nitrogens is 1. The number of Topliss-reactive ketones (excluding diaryl/α,β-unsaturated/α-hetero) is 1. The predicted octanol–water partition coefficient (Wildman–Crippen LogP) is 4.44. The third-order valence-corrected chi connectivity index (χ3v) is 6.31. The number of carbonyl (C=O) groups is 1. The zero-order valence-corrected chi connectivity index (χ0v) is 19.7. The van der Waals surface area contributed by atoms with Crippen molar-refractivity contribution in [3.63, 3.8) is 0 Å². The normalized spacial score (nSPS) is 14.2. The Balaban J connectivity index is 1.37. The van der Waals surface area contributed by atoms with Crippen molar-refractivity contribution in [1.29, 1.82) is 0 Å². The lowest BCUT2D eigenvalue weighted by atomic mass is 10.1. The molecule has 4 rings (SSSR count). The summed E-state index contributed by atoms with van der Waals surface area (Å²) in [5, 5.41) is 0. The maximum Gasteiger partial charge on any atom is 0.178 e. The number of ether oxygens (including phenoxy) is 1. The molecule has 0 saturated carbocycles. The molecule has 0 aliphatic carbocycles. The van der Waals surface area contributed by atoms with Gasteiger partial charge in [0.05, 0.1) is 19.8 Å². The largest absolute Gasteiger partial charge is 0.378 e. The van der Waals surface area contributed by atoms with Crippen LogP contribution in [0, 0.1) is 19.7 Å². The summed E-state index contributed by atoms with van der Waals surface area (Å²) >= 11 is 0. The lowest BCUT2D eigenvalue weighted by molar-refractivity contribution is 0.0942. The fourth-order valence-corrected chi connectivity index (χ4v) is 4.43. The van der Waals surface area contributed by atoms with E-state index in [0.717, 1.165) is 48.8 Å². The van der Waals surface area contributed by atoms with Crippen LogP contribution in [0.4, 0.5) is 10.1 Å². The van der Waals surface area contributed by atoms with Crippen LogP contribution in [-0.2, 0) is 17.8 Å². The van der Waals surface area contributed by atoms with Gasteiger partial charge in [-0.2, -0.15) is 0 Å². The van der Waals surface area contributed by atoms with Crippen LogP contribution in [0.1, 0.15) is 32.9 Å². The van der Waals surface area contributed by atoms with E-state index >= 15 is 0 Å². The molecule has 174 valence electrons. The maximum absolute atomic E-state index is 13.2. The SMILES string of the molecule is Cc1cc(C(=O)CN(C)Cc2ccc(N3CCOCC3)cc2)c(C)n1Cc1ccc(F)cc1. The summed E-state index contributed by atoms with van der Waals surface area (Å²) in [6.07, 6.45) is 0. The predicted molar refractivity (Wildman–Crippen MR) is 130 cm³/mol. The number of aryl methyl sites for hydroxylation is 1. The Labute approximate surface area is 195 Å². The van der Waals surface area contributed by atoms with Gasteiger partial charge in [-0.15, -0.1) is 0 Å². The lowest BCUT2D eigenvalue weighted by Crippen LogP contribution is -2.36. The van der Waals surface area contributed by atoms with Gasteiger partial charge in [0.1, 0.15) is 5.82 Å². The van der Waals surface area contributed by atoms with E-state index < -0.39 is 0 Å². The highest BCUT2D eigenvalue weighted by molar-refractivity contribution is 5.99. The fraction of sp³-hybridized carbons (Fsp3) is 0.370. The monoisotopic (exact) mass is 449 g/mol. The third-order valence-electron chi connectivity index (χ3n) is 6.31. The molecule has 2 heterocycles. The zero-order valence-electron chi connectivity index (χ0n) is 19.7. The summed E-state index contributed by atoms with van der Waals surface area (Å²) in [7, 11) is 1.98. The van der Waals surface area contributed by atoms with E-state index in [4.69, 9.17) is 4.74 Å². The van der Waals surface area contributed by atoms with E-state index in [1.807, 2.05) is 27.0 Å². The van der Waals surface area contributed by atoms with Crippen LogP contribution in [0.3, 0.4) is 0 Å². The van der Waals surface area contributed by atoms with Gasteiger partial charge in [-0.25, -0.2) is 4.39 Å². The van der Waals surface area contributed by atoms with Crippen molar-refractivity contribution in [2.24, 2.45) is 0 Å². The Bertz CT molecular complexity index is 1080. The minimum Gasteiger partial charge on any atom is -0.378 e. The van der Waals surface area contributed by atoms with Crippen LogP contribution in [0.25, 0.3) is 0 Å². The molecule has 1 aliphatic heterocycles. The van der Waals surface area contributed by atoms with Gasteiger partial charge in [0.15, 0.2) is 5.78 Å². The third kappa shape index (κ3) is 5.70. The average Bonchev–Trinajstić information content (AvgIpc) is 3.10. The number of carbonyl (C=O) groups excluding carboxylic acids is 1. The minimum absolute atomic E-state index is 0.112. The topological polar surface area (TPSA) is 37.7 Å². The summed E-state index contributed by atoms with van der Waals surface area (Å²) in [6.45, 7) is 9.07. The highest BCUT2D eigenvalue weighted by atomic mass is 19.1. The summed E-state index contributed by atoms with van der Waals surface area (Å²) in [5.74, 6) is -0.129.